The van der Waals surface area contributed by atoms with E-state index < -0.39 is 12.1 Å². The number of hydrogen-bond acceptors (Lipinski definition) is 3. The predicted molar refractivity (Wildman–Crippen MR) is 66.9 cm³/mol. The largest absolute Gasteiger partial charge is 0.374 e. The standard InChI is InChI=1S/C12H17N3O2/c1-8-5-4-6-10(7-8)14-9(2)11(16)15-12(17)13-3/h4-7,9,14H,1-3H3,(H2,13,15,16,17). The molecule has 92 valence electrons. The van der Waals surface area contributed by atoms with E-state index in [1.807, 2.05) is 31.2 Å². The third kappa shape index (κ3) is 4.14. The number of amides is 3. The van der Waals surface area contributed by atoms with Gasteiger partial charge in [-0.1, -0.05) is 12.1 Å². The Morgan fingerprint density at radius 1 is 1.29 bits per heavy atom. The van der Waals surface area contributed by atoms with E-state index >= 15 is 0 Å². The van der Waals surface area contributed by atoms with Gasteiger partial charge in [0.05, 0.1) is 0 Å². The van der Waals surface area contributed by atoms with Gasteiger partial charge in [-0.25, -0.2) is 4.79 Å². The molecule has 0 aliphatic carbocycles. The van der Waals surface area contributed by atoms with Crippen molar-refractivity contribution in [3.63, 3.8) is 0 Å². The van der Waals surface area contributed by atoms with Crippen LogP contribution in [-0.2, 0) is 4.79 Å². The zero-order valence-electron chi connectivity index (χ0n) is 10.2. The fraction of sp³-hybridized carbons (Fsp3) is 0.333. The van der Waals surface area contributed by atoms with Crippen molar-refractivity contribution in [1.29, 1.82) is 0 Å². The van der Waals surface area contributed by atoms with Crippen molar-refractivity contribution in [2.24, 2.45) is 0 Å². The summed E-state index contributed by atoms with van der Waals surface area (Å²) in [5.74, 6) is -0.370. The highest BCUT2D eigenvalue weighted by Crippen LogP contribution is 2.10. The maximum absolute atomic E-state index is 11.6. The third-order valence-corrected chi connectivity index (χ3v) is 2.26. The molecule has 17 heavy (non-hydrogen) atoms. The third-order valence-electron chi connectivity index (χ3n) is 2.26. The number of imide groups is 1. The molecular formula is C12H17N3O2. The monoisotopic (exact) mass is 235 g/mol. The number of carbonyl (C=O) groups excluding carboxylic acids is 2. The molecule has 0 heterocycles. The number of hydrogen-bond donors (Lipinski definition) is 3. The number of anilines is 1. The number of aryl methyl sites for hydroxylation is 1. The second kappa shape index (κ2) is 5.89. The summed E-state index contributed by atoms with van der Waals surface area (Å²) in [6.45, 7) is 3.67. The Hall–Kier alpha value is -2.04. The number of benzene rings is 1. The topological polar surface area (TPSA) is 70.2 Å². The van der Waals surface area contributed by atoms with Crippen molar-refractivity contribution >= 4 is 17.6 Å². The highest BCUT2D eigenvalue weighted by Gasteiger charge is 2.14. The quantitative estimate of drug-likeness (QED) is 0.738. The van der Waals surface area contributed by atoms with Crippen molar-refractivity contribution in [2.75, 3.05) is 12.4 Å². The van der Waals surface area contributed by atoms with Gasteiger partial charge in [0, 0.05) is 12.7 Å². The van der Waals surface area contributed by atoms with E-state index in [0.717, 1.165) is 11.3 Å². The van der Waals surface area contributed by atoms with Gasteiger partial charge in [0.15, 0.2) is 0 Å². The average Bonchev–Trinajstić information content (AvgIpc) is 2.28. The van der Waals surface area contributed by atoms with E-state index in [0.29, 0.717) is 0 Å². The van der Waals surface area contributed by atoms with Gasteiger partial charge in [-0.05, 0) is 31.5 Å². The fourth-order valence-corrected chi connectivity index (χ4v) is 1.33. The van der Waals surface area contributed by atoms with E-state index in [4.69, 9.17) is 0 Å². The lowest BCUT2D eigenvalue weighted by atomic mass is 10.2. The highest BCUT2D eigenvalue weighted by molar-refractivity contribution is 5.97. The smallest absolute Gasteiger partial charge is 0.321 e. The SMILES string of the molecule is CNC(=O)NC(=O)C(C)Nc1cccc(C)c1. The number of urea groups is 1. The minimum absolute atomic E-state index is 0.370. The maximum Gasteiger partial charge on any atom is 0.321 e. The van der Waals surface area contributed by atoms with Gasteiger partial charge in [0.2, 0.25) is 5.91 Å². The van der Waals surface area contributed by atoms with Gasteiger partial charge in [-0.3, -0.25) is 10.1 Å². The molecule has 1 aromatic carbocycles. The first kappa shape index (κ1) is 13.0. The van der Waals surface area contributed by atoms with E-state index in [9.17, 15) is 9.59 Å². The number of carbonyl (C=O) groups is 2. The molecule has 5 nitrogen and oxygen atoms in total. The van der Waals surface area contributed by atoms with Gasteiger partial charge in [-0.15, -0.1) is 0 Å². The van der Waals surface area contributed by atoms with Crippen LogP contribution in [0.4, 0.5) is 10.5 Å². The van der Waals surface area contributed by atoms with Crippen molar-refractivity contribution in [1.82, 2.24) is 10.6 Å². The van der Waals surface area contributed by atoms with Gasteiger partial charge < -0.3 is 10.6 Å². The van der Waals surface area contributed by atoms with Crippen LogP contribution in [0.5, 0.6) is 0 Å². The fourth-order valence-electron chi connectivity index (χ4n) is 1.33. The Morgan fingerprint density at radius 2 is 2.00 bits per heavy atom. The molecule has 1 atom stereocenters. The molecule has 0 radical (unpaired) electrons. The molecule has 0 saturated carbocycles. The molecule has 0 aromatic heterocycles. The van der Waals surface area contributed by atoms with Crippen LogP contribution in [0.1, 0.15) is 12.5 Å². The molecule has 0 spiro atoms. The van der Waals surface area contributed by atoms with Crippen molar-refractivity contribution in [2.45, 2.75) is 19.9 Å². The van der Waals surface area contributed by atoms with Crippen LogP contribution in [0.3, 0.4) is 0 Å². The molecule has 0 aliphatic heterocycles. The van der Waals surface area contributed by atoms with Gasteiger partial charge >= 0.3 is 6.03 Å². The van der Waals surface area contributed by atoms with E-state index in [1.165, 1.54) is 7.05 Å². The minimum Gasteiger partial charge on any atom is -0.374 e. The summed E-state index contributed by atoms with van der Waals surface area (Å²) in [5, 5.41) is 7.56. The zero-order chi connectivity index (χ0) is 12.8. The van der Waals surface area contributed by atoms with Gasteiger partial charge in [0.25, 0.3) is 0 Å². The van der Waals surface area contributed by atoms with E-state index in [1.54, 1.807) is 6.92 Å². The van der Waals surface area contributed by atoms with E-state index in [2.05, 4.69) is 16.0 Å². The molecule has 3 amide bonds. The zero-order valence-corrected chi connectivity index (χ0v) is 10.2. The number of nitrogens with one attached hydrogen (secondary N) is 3. The van der Waals surface area contributed by atoms with Crippen molar-refractivity contribution in [3.05, 3.63) is 29.8 Å². The summed E-state index contributed by atoms with van der Waals surface area (Å²) < 4.78 is 0. The van der Waals surface area contributed by atoms with Crippen LogP contribution in [0.25, 0.3) is 0 Å². The van der Waals surface area contributed by atoms with Crippen LogP contribution < -0.4 is 16.0 Å². The minimum atomic E-state index is -0.507. The first-order valence-corrected chi connectivity index (χ1v) is 5.38. The van der Waals surface area contributed by atoms with Gasteiger partial charge in [-0.2, -0.15) is 0 Å². The molecular weight excluding hydrogens is 218 g/mol. The second-order valence-electron chi connectivity index (χ2n) is 3.80. The second-order valence-corrected chi connectivity index (χ2v) is 3.80. The van der Waals surface area contributed by atoms with Crippen LogP contribution in [0.15, 0.2) is 24.3 Å². The Balaban J connectivity index is 2.57. The average molecular weight is 235 g/mol. The molecule has 1 unspecified atom stereocenters. The normalized spacial score (nSPS) is 11.5. The van der Waals surface area contributed by atoms with Crippen LogP contribution >= 0.6 is 0 Å². The Kier molecular flexibility index (Phi) is 4.51. The molecule has 1 rings (SSSR count). The molecule has 0 saturated heterocycles. The summed E-state index contributed by atoms with van der Waals surface area (Å²) in [7, 11) is 1.46. The van der Waals surface area contributed by atoms with Crippen molar-refractivity contribution < 1.29 is 9.59 Å². The number of rotatable bonds is 3. The maximum atomic E-state index is 11.6. The van der Waals surface area contributed by atoms with E-state index in [-0.39, 0.29) is 5.91 Å². The van der Waals surface area contributed by atoms with Crippen LogP contribution in [0.2, 0.25) is 0 Å². The summed E-state index contributed by atoms with van der Waals surface area (Å²) in [4.78, 5) is 22.5. The lowest BCUT2D eigenvalue weighted by molar-refractivity contribution is -0.120. The highest BCUT2D eigenvalue weighted by atomic mass is 16.2. The van der Waals surface area contributed by atoms with Gasteiger partial charge in [0.1, 0.15) is 6.04 Å². The molecule has 0 aliphatic rings. The molecule has 0 fully saturated rings. The molecule has 1 aromatic rings. The Bertz CT molecular complexity index is 418. The summed E-state index contributed by atoms with van der Waals surface area (Å²) in [6, 6.07) is 6.70. The van der Waals surface area contributed by atoms with Crippen LogP contribution in [-0.4, -0.2) is 25.0 Å². The van der Waals surface area contributed by atoms with Crippen molar-refractivity contribution in [3.8, 4) is 0 Å². The first-order chi connectivity index (χ1) is 8.02. The molecule has 3 N–H and O–H groups in total. The summed E-state index contributed by atoms with van der Waals surface area (Å²) in [5.41, 5.74) is 1.96. The lowest BCUT2D eigenvalue weighted by Gasteiger charge is -2.14. The Morgan fingerprint density at radius 3 is 2.59 bits per heavy atom. The molecule has 0 bridgehead atoms. The summed E-state index contributed by atoms with van der Waals surface area (Å²) in [6.07, 6.45) is 0. The molecule has 5 heteroatoms. The predicted octanol–water partition coefficient (Wildman–Crippen LogP) is 1.25. The Labute approximate surface area is 101 Å². The van der Waals surface area contributed by atoms with Crippen LogP contribution in [0, 0.1) is 6.92 Å². The summed E-state index contributed by atoms with van der Waals surface area (Å²) >= 11 is 0. The first-order valence-electron chi connectivity index (χ1n) is 5.38. The lowest BCUT2D eigenvalue weighted by Crippen LogP contribution is -2.44.